The van der Waals surface area contributed by atoms with Crippen LogP contribution in [0.3, 0.4) is 0 Å². The number of carbonyl (C=O) groups is 2. The molecule has 3 saturated carbocycles. The Morgan fingerprint density at radius 1 is 1.23 bits per heavy atom. The van der Waals surface area contributed by atoms with Crippen molar-refractivity contribution in [1.29, 1.82) is 0 Å². The number of rotatable bonds is 2. The quantitative estimate of drug-likeness (QED) is 0.420. The number of allylic oxidation sites excluding steroid dienone is 1. The lowest BCUT2D eigenvalue weighted by atomic mass is 9.43. The molecule has 7 nitrogen and oxygen atoms in total. The summed E-state index contributed by atoms with van der Waals surface area (Å²) in [4.78, 5) is 35.5. The second kappa shape index (κ2) is 6.38. The third-order valence-electron chi connectivity index (χ3n) is 9.79. The van der Waals surface area contributed by atoms with Crippen molar-refractivity contribution in [3.63, 3.8) is 0 Å². The summed E-state index contributed by atoms with van der Waals surface area (Å²) < 4.78 is 5.93. The third kappa shape index (κ3) is 2.53. The average Bonchev–Trinajstić information content (AvgIpc) is 3.16. The van der Waals surface area contributed by atoms with Gasteiger partial charge in [-0.3, -0.25) is 19.7 Å². The molecule has 0 aromatic carbocycles. The Balaban J connectivity index is 1.60. The number of hydrogen-bond acceptors (Lipinski definition) is 6. The lowest BCUT2D eigenvalue weighted by Gasteiger charge is -2.62. The Hall–Kier alpha value is -1.76. The molecule has 5 rings (SSSR count). The predicted octanol–water partition coefficient (Wildman–Crippen LogP) is 3.07. The first-order valence-electron chi connectivity index (χ1n) is 11.4. The number of hydrogen-bond donors (Lipinski definition) is 1. The van der Waals surface area contributed by atoms with Gasteiger partial charge in [-0.1, -0.05) is 19.4 Å². The average molecular weight is 418 g/mol. The van der Waals surface area contributed by atoms with Crippen LogP contribution in [0.1, 0.15) is 65.2 Å². The van der Waals surface area contributed by atoms with Crippen LogP contribution in [0.15, 0.2) is 11.6 Å². The number of nitro groups is 1. The maximum Gasteiger partial charge on any atom is 0.306 e. The van der Waals surface area contributed by atoms with Crippen molar-refractivity contribution in [3.05, 3.63) is 21.8 Å². The van der Waals surface area contributed by atoms with E-state index in [9.17, 15) is 24.8 Å². The molecule has 4 fully saturated rings. The van der Waals surface area contributed by atoms with Gasteiger partial charge >= 0.3 is 5.97 Å². The Morgan fingerprint density at radius 3 is 2.67 bits per heavy atom. The first-order valence-corrected chi connectivity index (χ1v) is 11.4. The highest BCUT2D eigenvalue weighted by Gasteiger charge is 2.70. The first kappa shape index (κ1) is 20.2. The van der Waals surface area contributed by atoms with E-state index in [2.05, 4.69) is 13.8 Å². The lowest BCUT2D eigenvalue weighted by Crippen LogP contribution is -2.62. The molecule has 5 aliphatic rings. The highest BCUT2D eigenvalue weighted by molar-refractivity contribution is 5.91. The number of ketones is 1. The predicted molar refractivity (Wildman–Crippen MR) is 107 cm³/mol. The number of fused-ring (bicyclic) bond motifs is 6. The molecular weight excluding hydrogens is 386 g/mol. The molecule has 0 bridgehead atoms. The van der Waals surface area contributed by atoms with Gasteiger partial charge in [0.05, 0.1) is 6.10 Å². The molecule has 0 amide bonds. The number of ether oxygens (including phenoxy) is 1. The Labute approximate surface area is 176 Å². The van der Waals surface area contributed by atoms with Crippen LogP contribution in [0, 0.1) is 44.6 Å². The molecule has 8 atom stereocenters. The topological polar surface area (TPSA) is 107 Å². The van der Waals surface area contributed by atoms with Crippen LogP contribution < -0.4 is 0 Å². The molecule has 1 heterocycles. The van der Waals surface area contributed by atoms with Crippen LogP contribution >= 0.6 is 0 Å². The minimum Gasteiger partial charge on any atom is -0.458 e. The molecule has 4 aliphatic carbocycles. The molecular formula is C23H31NO6. The highest BCUT2D eigenvalue weighted by atomic mass is 16.6. The molecule has 1 spiro atoms. The van der Waals surface area contributed by atoms with E-state index in [0.29, 0.717) is 38.5 Å². The van der Waals surface area contributed by atoms with Crippen molar-refractivity contribution >= 4 is 11.8 Å². The minimum absolute atomic E-state index is 0.00169. The van der Waals surface area contributed by atoms with E-state index < -0.39 is 11.7 Å². The fourth-order valence-corrected chi connectivity index (χ4v) is 8.47. The van der Waals surface area contributed by atoms with Crippen LogP contribution in [0.2, 0.25) is 0 Å². The number of carbonyl (C=O) groups excluding carboxylic acids is 2. The van der Waals surface area contributed by atoms with Gasteiger partial charge in [0.1, 0.15) is 5.60 Å². The van der Waals surface area contributed by atoms with Crippen molar-refractivity contribution in [1.82, 2.24) is 0 Å². The van der Waals surface area contributed by atoms with Crippen LogP contribution in [-0.4, -0.2) is 40.0 Å². The second-order valence-electron chi connectivity index (χ2n) is 10.9. The van der Waals surface area contributed by atoms with Gasteiger partial charge in [-0.2, -0.15) is 0 Å². The van der Waals surface area contributed by atoms with Gasteiger partial charge in [0, 0.05) is 29.1 Å². The summed E-state index contributed by atoms with van der Waals surface area (Å²) >= 11 is 0. The van der Waals surface area contributed by atoms with Crippen LogP contribution in [0.5, 0.6) is 0 Å². The fourth-order valence-electron chi connectivity index (χ4n) is 8.47. The molecule has 1 aliphatic heterocycles. The molecule has 0 radical (unpaired) electrons. The summed E-state index contributed by atoms with van der Waals surface area (Å²) in [6.07, 6.45) is 6.11. The van der Waals surface area contributed by atoms with Gasteiger partial charge in [-0.25, -0.2) is 0 Å². The summed E-state index contributed by atoms with van der Waals surface area (Å²) in [7, 11) is 0. The zero-order valence-corrected chi connectivity index (χ0v) is 17.8. The van der Waals surface area contributed by atoms with Gasteiger partial charge in [-0.15, -0.1) is 0 Å². The zero-order chi connectivity index (χ0) is 21.5. The SMILES string of the molecule is C[C@]12CCC(=O)C=C1C[C@@H](C[N+](=O)[O-])[C@@H]1[C@@H]2[C@H](O)C[C@@]2(C)[C@H]1CC[C@@]21CCC(=O)O1. The van der Waals surface area contributed by atoms with Crippen LogP contribution in [0.25, 0.3) is 0 Å². The zero-order valence-electron chi connectivity index (χ0n) is 17.8. The van der Waals surface area contributed by atoms with Crippen molar-refractivity contribution in [2.45, 2.75) is 76.9 Å². The third-order valence-corrected chi connectivity index (χ3v) is 9.79. The second-order valence-corrected chi connectivity index (χ2v) is 10.9. The fraction of sp³-hybridized carbons (Fsp3) is 0.826. The molecule has 164 valence electrons. The summed E-state index contributed by atoms with van der Waals surface area (Å²) in [5.41, 5.74) is -0.209. The molecule has 1 saturated heterocycles. The van der Waals surface area contributed by atoms with E-state index in [1.54, 1.807) is 6.08 Å². The lowest BCUT2D eigenvalue weighted by molar-refractivity contribution is -0.492. The summed E-state index contributed by atoms with van der Waals surface area (Å²) in [6.45, 7) is 4.15. The Bertz CT molecular complexity index is 853. The Kier molecular flexibility index (Phi) is 4.28. The largest absolute Gasteiger partial charge is 0.458 e. The summed E-state index contributed by atoms with van der Waals surface area (Å²) in [6, 6.07) is 0. The van der Waals surface area contributed by atoms with E-state index in [0.717, 1.165) is 18.4 Å². The van der Waals surface area contributed by atoms with E-state index >= 15 is 0 Å². The minimum atomic E-state index is -0.623. The standard InChI is InChI=1S/C23H31NO6/c1-21-6-3-15(25)10-14(21)9-13(12-24(28)29)19-16-4-7-23(8-5-18(27)30-23)22(16,2)11-17(26)20(19)21/h10,13,16-17,19-20,26H,3-9,11-12H2,1-2H3/t13-,16-,17+,19-,20-,21-,22-,23+/m0/s1. The van der Waals surface area contributed by atoms with Gasteiger partial charge in [-0.05, 0) is 67.8 Å². The number of nitrogens with zero attached hydrogens (tertiary/aromatic N) is 1. The molecule has 7 heteroatoms. The number of aliphatic hydroxyl groups excluding tert-OH is 1. The maximum atomic E-state index is 12.1. The number of esters is 1. The van der Waals surface area contributed by atoms with Gasteiger partial charge in [0.15, 0.2) is 5.78 Å². The van der Waals surface area contributed by atoms with Crippen molar-refractivity contribution in [3.8, 4) is 0 Å². The van der Waals surface area contributed by atoms with Gasteiger partial charge in [0.25, 0.3) is 0 Å². The van der Waals surface area contributed by atoms with Gasteiger partial charge in [0.2, 0.25) is 6.54 Å². The number of aliphatic hydroxyl groups is 1. The van der Waals surface area contributed by atoms with Crippen LogP contribution in [0.4, 0.5) is 0 Å². The molecule has 30 heavy (non-hydrogen) atoms. The van der Waals surface area contributed by atoms with E-state index in [1.165, 1.54) is 0 Å². The van der Waals surface area contributed by atoms with Crippen molar-refractivity contribution in [2.75, 3.05) is 6.54 Å². The highest BCUT2D eigenvalue weighted by Crippen LogP contribution is 2.70. The van der Waals surface area contributed by atoms with Crippen LogP contribution in [-0.2, 0) is 14.3 Å². The molecule has 0 unspecified atom stereocenters. The summed E-state index contributed by atoms with van der Waals surface area (Å²) in [5.74, 6) is -0.200. The Morgan fingerprint density at radius 2 is 2.00 bits per heavy atom. The smallest absolute Gasteiger partial charge is 0.306 e. The summed E-state index contributed by atoms with van der Waals surface area (Å²) in [5, 5.41) is 23.1. The molecule has 1 N–H and O–H groups in total. The normalized spacial score (nSPS) is 49.8. The molecule has 0 aromatic rings. The first-order chi connectivity index (χ1) is 14.1. The van der Waals surface area contributed by atoms with Crippen molar-refractivity contribution in [2.24, 2.45) is 34.5 Å². The maximum absolute atomic E-state index is 12.1. The van der Waals surface area contributed by atoms with E-state index in [1.807, 2.05) is 0 Å². The van der Waals surface area contributed by atoms with Crippen molar-refractivity contribution < 1.29 is 24.4 Å². The molecule has 0 aromatic heterocycles. The van der Waals surface area contributed by atoms with Gasteiger partial charge < -0.3 is 9.84 Å². The van der Waals surface area contributed by atoms with E-state index in [-0.39, 0.29) is 57.7 Å². The van der Waals surface area contributed by atoms with E-state index in [4.69, 9.17) is 4.74 Å². The monoisotopic (exact) mass is 417 g/mol.